The highest BCUT2D eigenvalue weighted by atomic mass is 35.5. The molecule has 0 bridgehead atoms. The summed E-state index contributed by atoms with van der Waals surface area (Å²) in [6.07, 6.45) is 2.03. The minimum absolute atomic E-state index is 0.191. The maximum absolute atomic E-state index is 13.6. The lowest BCUT2D eigenvalue weighted by molar-refractivity contribution is 0.613. The third-order valence-electron chi connectivity index (χ3n) is 5.75. The predicted octanol–water partition coefficient (Wildman–Crippen LogP) is 4.43. The highest BCUT2D eigenvalue weighted by Gasteiger charge is 2.20. The summed E-state index contributed by atoms with van der Waals surface area (Å²) in [4.78, 5) is 31.5. The summed E-state index contributed by atoms with van der Waals surface area (Å²) >= 11 is 6.34. The SMILES string of the molecule is O=c1c2c(ncn2Cc2ccccc2Cl)n(-c2ccc(F)cc2)c(=O)n1CCc1ccccc1. The first-order valence-electron chi connectivity index (χ1n) is 10.8. The lowest BCUT2D eigenvalue weighted by Gasteiger charge is -2.13. The van der Waals surface area contributed by atoms with Gasteiger partial charge in [0.25, 0.3) is 5.56 Å². The first-order chi connectivity index (χ1) is 16.5. The lowest BCUT2D eigenvalue weighted by Crippen LogP contribution is -2.40. The van der Waals surface area contributed by atoms with Crippen LogP contribution >= 0.6 is 11.6 Å². The third kappa shape index (κ3) is 4.06. The summed E-state index contributed by atoms with van der Waals surface area (Å²) in [5.41, 5.74) is 1.78. The maximum Gasteiger partial charge on any atom is 0.337 e. The summed E-state index contributed by atoms with van der Waals surface area (Å²) in [6, 6.07) is 22.5. The van der Waals surface area contributed by atoms with E-state index in [2.05, 4.69) is 4.98 Å². The van der Waals surface area contributed by atoms with Crippen molar-refractivity contribution in [1.29, 1.82) is 0 Å². The van der Waals surface area contributed by atoms with E-state index in [9.17, 15) is 14.0 Å². The van der Waals surface area contributed by atoms with Gasteiger partial charge in [-0.1, -0.05) is 60.1 Å². The van der Waals surface area contributed by atoms with Crippen LogP contribution in [0.3, 0.4) is 0 Å². The molecule has 0 aliphatic carbocycles. The number of rotatable bonds is 6. The van der Waals surface area contributed by atoms with Crippen molar-refractivity contribution in [2.45, 2.75) is 19.5 Å². The first-order valence-corrected chi connectivity index (χ1v) is 11.1. The highest BCUT2D eigenvalue weighted by Crippen LogP contribution is 2.19. The monoisotopic (exact) mass is 474 g/mol. The Labute approximate surface area is 199 Å². The van der Waals surface area contributed by atoms with Crippen molar-refractivity contribution >= 4 is 22.8 Å². The Morgan fingerprint density at radius 2 is 1.59 bits per heavy atom. The van der Waals surface area contributed by atoms with Crippen molar-refractivity contribution < 1.29 is 4.39 Å². The second-order valence-corrected chi connectivity index (χ2v) is 8.33. The van der Waals surface area contributed by atoms with Gasteiger partial charge in [0.05, 0.1) is 18.6 Å². The van der Waals surface area contributed by atoms with E-state index in [1.165, 1.54) is 39.7 Å². The topological polar surface area (TPSA) is 61.8 Å². The van der Waals surface area contributed by atoms with E-state index in [1.807, 2.05) is 48.5 Å². The summed E-state index contributed by atoms with van der Waals surface area (Å²) in [5, 5.41) is 0.570. The Balaban J connectivity index is 1.70. The molecule has 0 unspecified atom stereocenters. The van der Waals surface area contributed by atoms with Crippen LogP contribution in [0.2, 0.25) is 5.02 Å². The molecule has 0 aliphatic rings. The third-order valence-corrected chi connectivity index (χ3v) is 6.12. The standard InChI is InChI=1S/C26H20ClFN4O2/c27-22-9-5-4-8-19(22)16-30-17-29-24-23(30)25(33)31(15-14-18-6-2-1-3-7-18)26(34)32(24)21-12-10-20(28)11-13-21/h1-13,17H,14-16H2. The summed E-state index contributed by atoms with van der Waals surface area (Å²) in [7, 11) is 0. The minimum atomic E-state index is -0.525. The van der Waals surface area contributed by atoms with Crippen LogP contribution in [0, 0.1) is 5.82 Å². The molecule has 0 saturated heterocycles. The quantitative estimate of drug-likeness (QED) is 0.366. The molecule has 0 saturated carbocycles. The van der Waals surface area contributed by atoms with Gasteiger partial charge in [-0.2, -0.15) is 0 Å². The molecule has 0 radical (unpaired) electrons. The van der Waals surface area contributed by atoms with Crippen LogP contribution < -0.4 is 11.2 Å². The molecule has 5 aromatic rings. The van der Waals surface area contributed by atoms with Gasteiger partial charge in [-0.3, -0.25) is 9.36 Å². The van der Waals surface area contributed by atoms with Gasteiger partial charge in [-0.15, -0.1) is 0 Å². The Morgan fingerprint density at radius 1 is 0.882 bits per heavy atom. The zero-order valence-electron chi connectivity index (χ0n) is 18.1. The van der Waals surface area contributed by atoms with Crippen LogP contribution in [0.1, 0.15) is 11.1 Å². The van der Waals surface area contributed by atoms with E-state index in [4.69, 9.17) is 11.6 Å². The summed E-state index contributed by atoms with van der Waals surface area (Å²) < 4.78 is 17.8. The molecular formula is C26H20ClFN4O2. The largest absolute Gasteiger partial charge is 0.337 e. The molecule has 8 heteroatoms. The molecule has 0 spiro atoms. The number of fused-ring (bicyclic) bond motifs is 1. The molecular weight excluding hydrogens is 455 g/mol. The lowest BCUT2D eigenvalue weighted by atomic mass is 10.1. The molecule has 3 aromatic carbocycles. The van der Waals surface area contributed by atoms with Gasteiger partial charge in [-0.25, -0.2) is 18.7 Å². The van der Waals surface area contributed by atoms with Crippen molar-refractivity contribution in [3.05, 3.63) is 128 Å². The smallest absolute Gasteiger partial charge is 0.320 e. The van der Waals surface area contributed by atoms with Crippen LogP contribution in [0.5, 0.6) is 0 Å². The molecule has 2 heterocycles. The average molecular weight is 475 g/mol. The number of aromatic nitrogens is 4. The Hall–Kier alpha value is -3.97. The predicted molar refractivity (Wildman–Crippen MR) is 130 cm³/mol. The fourth-order valence-electron chi connectivity index (χ4n) is 4.02. The molecule has 5 rings (SSSR count). The first kappa shape index (κ1) is 21.9. The van der Waals surface area contributed by atoms with Gasteiger partial charge in [0, 0.05) is 11.6 Å². The number of hydrogen-bond acceptors (Lipinski definition) is 3. The Kier molecular flexibility index (Phi) is 5.86. The van der Waals surface area contributed by atoms with Gasteiger partial charge in [0.2, 0.25) is 0 Å². The van der Waals surface area contributed by atoms with Crippen molar-refractivity contribution in [2.24, 2.45) is 0 Å². The number of hydrogen-bond donors (Lipinski definition) is 0. The molecule has 0 amide bonds. The van der Waals surface area contributed by atoms with E-state index < -0.39 is 17.1 Å². The van der Waals surface area contributed by atoms with Gasteiger partial charge in [0.15, 0.2) is 11.2 Å². The zero-order valence-corrected chi connectivity index (χ0v) is 18.8. The molecule has 170 valence electrons. The molecule has 2 aromatic heterocycles. The number of nitrogens with zero attached hydrogens (tertiary/aromatic N) is 4. The van der Waals surface area contributed by atoms with Gasteiger partial charge in [-0.05, 0) is 47.9 Å². The van der Waals surface area contributed by atoms with Gasteiger partial charge >= 0.3 is 5.69 Å². The Bertz CT molecular complexity index is 1590. The van der Waals surface area contributed by atoms with E-state index in [1.54, 1.807) is 10.6 Å². The number of aryl methyl sites for hydroxylation is 1. The minimum Gasteiger partial charge on any atom is -0.320 e. The number of halogens is 2. The summed E-state index contributed by atoms with van der Waals surface area (Å²) in [6.45, 7) is 0.502. The second kappa shape index (κ2) is 9.11. The van der Waals surface area contributed by atoms with E-state index >= 15 is 0 Å². The van der Waals surface area contributed by atoms with Gasteiger partial charge < -0.3 is 4.57 Å². The van der Waals surface area contributed by atoms with Crippen molar-refractivity contribution in [2.75, 3.05) is 0 Å². The van der Waals surface area contributed by atoms with Crippen LogP contribution in [0.4, 0.5) is 4.39 Å². The molecule has 0 fully saturated rings. The molecule has 34 heavy (non-hydrogen) atoms. The van der Waals surface area contributed by atoms with Crippen molar-refractivity contribution in [3.63, 3.8) is 0 Å². The average Bonchev–Trinajstić information content (AvgIpc) is 3.26. The second-order valence-electron chi connectivity index (χ2n) is 7.92. The summed E-state index contributed by atoms with van der Waals surface area (Å²) in [5.74, 6) is -0.422. The van der Waals surface area contributed by atoms with Crippen LogP contribution in [0.15, 0.2) is 94.8 Å². The van der Waals surface area contributed by atoms with Gasteiger partial charge in [0.1, 0.15) is 5.82 Å². The van der Waals surface area contributed by atoms with E-state index in [0.29, 0.717) is 23.7 Å². The Morgan fingerprint density at radius 3 is 2.32 bits per heavy atom. The van der Waals surface area contributed by atoms with Crippen LogP contribution in [0.25, 0.3) is 16.9 Å². The zero-order chi connectivity index (χ0) is 23.7. The van der Waals surface area contributed by atoms with Crippen LogP contribution in [-0.2, 0) is 19.5 Å². The normalized spacial score (nSPS) is 11.2. The molecule has 6 nitrogen and oxygen atoms in total. The van der Waals surface area contributed by atoms with Crippen molar-refractivity contribution in [3.8, 4) is 5.69 Å². The fraction of sp³-hybridized carbons (Fsp3) is 0.115. The number of imidazole rings is 1. The highest BCUT2D eigenvalue weighted by molar-refractivity contribution is 6.31. The number of benzene rings is 3. The van der Waals surface area contributed by atoms with E-state index in [-0.39, 0.29) is 17.7 Å². The maximum atomic E-state index is 13.6. The fourth-order valence-corrected chi connectivity index (χ4v) is 4.21. The van der Waals surface area contributed by atoms with Crippen LogP contribution in [-0.4, -0.2) is 18.7 Å². The van der Waals surface area contributed by atoms with E-state index in [0.717, 1.165) is 11.1 Å². The van der Waals surface area contributed by atoms with Crippen molar-refractivity contribution in [1.82, 2.24) is 18.7 Å². The molecule has 0 N–H and O–H groups in total. The molecule has 0 aliphatic heterocycles. The molecule has 0 atom stereocenters.